The molecule has 1 saturated heterocycles. The molecule has 2 aliphatic rings. The van der Waals surface area contributed by atoms with Gasteiger partial charge in [0, 0.05) is 18.2 Å². The van der Waals surface area contributed by atoms with Crippen LogP contribution in [0.1, 0.15) is 12.8 Å². The Bertz CT molecular complexity index is 699. The molecular weight excluding hydrogens is 363 g/mol. The number of ether oxygens (including phenoxy) is 1. The maximum absolute atomic E-state index is 12.6. The molecule has 3 rings (SSSR count). The molecule has 2 amide bonds. The van der Waals surface area contributed by atoms with Crippen molar-refractivity contribution in [3.8, 4) is 0 Å². The number of hydrogen-bond acceptors (Lipinski definition) is 4. The fourth-order valence-corrected chi connectivity index (χ4v) is 3.15. The molecule has 1 aromatic carbocycles. The van der Waals surface area contributed by atoms with E-state index in [9.17, 15) is 9.59 Å². The number of hydrogen-bond donors (Lipinski definition) is 1. The monoisotopic (exact) mass is 374 g/mol. The number of nitrogens with one attached hydrogen (secondary N) is 1. The van der Waals surface area contributed by atoms with Crippen molar-refractivity contribution in [1.82, 2.24) is 5.32 Å². The summed E-state index contributed by atoms with van der Waals surface area (Å²) < 4.78 is 5.48. The molecule has 1 fully saturated rings. The SMILES string of the molecule is O=C1C(Cl)=C(NCC2CCCO2)C(=O)N1c1cc(Cl)ccc1Cl. The Morgan fingerprint density at radius 2 is 2.00 bits per heavy atom. The van der Waals surface area contributed by atoms with E-state index >= 15 is 0 Å². The third kappa shape index (κ3) is 3.19. The van der Waals surface area contributed by atoms with Crippen LogP contribution in [0.15, 0.2) is 28.9 Å². The zero-order valence-electron chi connectivity index (χ0n) is 11.9. The lowest BCUT2D eigenvalue weighted by atomic mass is 10.2. The van der Waals surface area contributed by atoms with Crippen LogP contribution in [0.2, 0.25) is 10.0 Å². The van der Waals surface area contributed by atoms with Gasteiger partial charge in [-0.3, -0.25) is 9.59 Å². The summed E-state index contributed by atoms with van der Waals surface area (Å²) in [7, 11) is 0. The van der Waals surface area contributed by atoms with Gasteiger partial charge in [0.05, 0.1) is 16.8 Å². The molecule has 1 N–H and O–H groups in total. The summed E-state index contributed by atoms with van der Waals surface area (Å²) in [5, 5.41) is 3.36. The Kier molecular flexibility index (Phi) is 4.82. The number of carbonyl (C=O) groups is 2. The van der Waals surface area contributed by atoms with E-state index in [2.05, 4.69) is 5.32 Å². The lowest BCUT2D eigenvalue weighted by Crippen LogP contribution is -2.35. The minimum Gasteiger partial charge on any atom is -0.377 e. The van der Waals surface area contributed by atoms with Gasteiger partial charge >= 0.3 is 0 Å². The first-order chi connectivity index (χ1) is 11.0. The van der Waals surface area contributed by atoms with Gasteiger partial charge in [-0.15, -0.1) is 0 Å². The van der Waals surface area contributed by atoms with E-state index in [0.717, 1.165) is 17.7 Å². The molecule has 0 spiro atoms. The van der Waals surface area contributed by atoms with Crippen molar-refractivity contribution < 1.29 is 14.3 Å². The lowest BCUT2D eigenvalue weighted by molar-refractivity contribution is -0.120. The number of halogens is 3. The highest BCUT2D eigenvalue weighted by molar-refractivity contribution is 6.53. The summed E-state index contributed by atoms with van der Waals surface area (Å²) in [6, 6.07) is 4.54. The summed E-state index contributed by atoms with van der Waals surface area (Å²) in [5.74, 6) is -1.18. The van der Waals surface area contributed by atoms with E-state index in [1.54, 1.807) is 6.07 Å². The predicted octanol–water partition coefficient (Wildman–Crippen LogP) is 3.09. The van der Waals surface area contributed by atoms with Crippen LogP contribution < -0.4 is 10.2 Å². The van der Waals surface area contributed by atoms with E-state index < -0.39 is 11.8 Å². The minimum absolute atomic E-state index is 0.0127. The molecule has 1 unspecified atom stereocenters. The van der Waals surface area contributed by atoms with Crippen LogP contribution in [0.5, 0.6) is 0 Å². The highest BCUT2D eigenvalue weighted by Gasteiger charge is 2.40. The molecule has 8 heteroatoms. The van der Waals surface area contributed by atoms with Crippen molar-refractivity contribution in [3.63, 3.8) is 0 Å². The van der Waals surface area contributed by atoms with Gasteiger partial charge in [-0.25, -0.2) is 4.90 Å². The van der Waals surface area contributed by atoms with Crippen LogP contribution in [0.3, 0.4) is 0 Å². The fourth-order valence-electron chi connectivity index (χ4n) is 2.55. The topological polar surface area (TPSA) is 58.6 Å². The summed E-state index contributed by atoms with van der Waals surface area (Å²) in [5.41, 5.74) is 0.268. The van der Waals surface area contributed by atoms with Gasteiger partial charge in [0.1, 0.15) is 10.7 Å². The molecule has 1 aromatic rings. The summed E-state index contributed by atoms with van der Waals surface area (Å²) in [4.78, 5) is 25.8. The number of benzene rings is 1. The second-order valence-electron chi connectivity index (χ2n) is 5.25. The normalized spacial score (nSPS) is 21.5. The van der Waals surface area contributed by atoms with Crippen LogP contribution in [0.25, 0.3) is 0 Å². The van der Waals surface area contributed by atoms with Gasteiger partial charge in [-0.2, -0.15) is 0 Å². The number of rotatable bonds is 4. The maximum Gasteiger partial charge on any atom is 0.283 e. The molecule has 0 aromatic heterocycles. The number of carbonyl (C=O) groups excluding carboxylic acids is 2. The smallest absolute Gasteiger partial charge is 0.283 e. The highest BCUT2D eigenvalue weighted by atomic mass is 35.5. The van der Waals surface area contributed by atoms with Gasteiger partial charge < -0.3 is 10.1 Å². The molecule has 0 saturated carbocycles. The quantitative estimate of drug-likeness (QED) is 0.822. The molecule has 0 radical (unpaired) electrons. The zero-order chi connectivity index (χ0) is 16.6. The van der Waals surface area contributed by atoms with Crippen LogP contribution >= 0.6 is 34.8 Å². The third-order valence-corrected chi connectivity index (χ3v) is 4.61. The largest absolute Gasteiger partial charge is 0.377 e. The van der Waals surface area contributed by atoms with Crippen molar-refractivity contribution >= 4 is 52.3 Å². The van der Waals surface area contributed by atoms with Crippen molar-refractivity contribution in [2.45, 2.75) is 18.9 Å². The Labute approximate surface area is 148 Å². The van der Waals surface area contributed by atoms with E-state index in [4.69, 9.17) is 39.5 Å². The average Bonchev–Trinajstić information content (AvgIpc) is 3.10. The van der Waals surface area contributed by atoms with Crippen molar-refractivity contribution in [2.75, 3.05) is 18.1 Å². The average molecular weight is 376 g/mol. The van der Waals surface area contributed by atoms with E-state index in [-0.39, 0.29) is 27.5 Å². The molecule has 0 aliphatic carbocycles. The van der Waals surface area contributed by atoms with E-state index in [1.165, 1.54) is 12.1 Å². The van der Waals surface area contributed by atoms with Gasteiger partial charge in [0.25, 0.3) is 11.8 Å². The first-order valence-corrected chi connectivity index (χ1v) is 8.21. The number of imide groups is 1. The molecule has 2 heterocycles. The van der Waals surface area contributed by atoms with Crippen LogP contribution in [-0.2, 0) is 14.3 Å². The second-order valence-corrected chi connectivity index (χ2v) is 6.47. The van der Waals surface area contributed by atoms with Crippen LogP contribution in [0.4, 0.5) is 5.69 Å². The van der Waals surface area contributed by atoms with Crippen molar-refractivity contribution in [1.29, 1.82) is 0 Å². The van der Waals surface area contributed by atoms with Crippen LogP contribution in [0, 0.1) is 0 Å². The first-order valence-electron chi connectivity index (χ1n) is 7.08. The zero-order valence-corrected chi connectivity index (χ0v) is 14.2. The van der Waals surface area contributed by atoms with Gasteiger partial charge in [0.15, 0.2) is 0 Å². The summed E-state index contributed by atoms with van der Waals surface area (Å²) in [6.45, 7) is 1.12. The first kappa shape index (κ1) is 16.6. The summed E-state index contributed by atoms with van der Waals surface area (Å²) >= 11 is 18.0. The standard InChI is InChI=1S/C15H13Cl3N2O3/c16-8-3-4-10(17)11(6-8)20-14(21)12(18)13(15(20)22)19-7-9-2-1-5-23-9/h3-4,6,9,19H,1-2,5,7H2. The van der Waals surface area contributed by atoms with Gasteiger partial charge in [0.2, 0.25) is 0 Å². The molecule has 1 atom stereocenters. The molecule has 23 heavy (non-hydrogen) atoms. The molecule has 0 bridgehead atoms. The maximum atomic E-state index is 12.6. The third-order valence-electron chi connectivity index (χ3n) is 3.71. The Balaban J connectivity index is 1.82. The van der Waals surface area contributed by atoms with E-state index in [1.807, 2.05) is 0 Å². The number of nitrogens with zero attached hydrogens (tertiary/aromatic N) is 1. The molecule has 5 nitrogen and oxygen atoms in total. The van der Waals surface area contributed by atoms with Gasteiger partial charge in [-0.05, 0) is 31.0 Å². The second kappa shape index (κ2) is 6.69. The fraction of sp³-hybridized carbons (Fsp3) is 0.333. The number of amides is 2. The minimum atomic E-state index is -0.629. The summed E-state index contributed by atoms with van der Waals surface area (Å²) in [6.07, 6.45) is 1.90. The number of anilines is 1. The van der Waals surface area contributed by atoms with Crippen LogP contribution in [-0.4, -0.2) is 31.1 Å². The molecule has 2 aliphatic heterocycles. The lowest BCUT2D eigenvalue weighted by Gasteiger charge is -2.17. The van der Waals surface area contributed by atoms with E-state index in [0.29, 0.717) is 18.2 Å². The Hall–Kier alpha value is -1.27. The van der Waals surface area contributed by atoms with Gasteiger partial charge in [-0.1, -0.05) is 34.8 Å². The molecular formula is C15H13Cl3N2O3. The molecule has 122 valence electrons. The Morgan fingerprint density at radius 3 is 2.70 bits per heavy atom. The van der Waals surface area contributed by atoms with Crippen molar-refractivity contribution in [2.24, 2.45) is 0 Å². The highest BCUT2D eigenvalue weighted by Crippen LogP contribution is 2.34. The Morgan fingerprint density at radius 1 is 1.22 bits per heavy atom. The van der Waals surface area contributed by atoms with Crippen molar-refractivity contribution in [3.05, 3.63) is 39.0 Å². The predicted molar refractivity (Wildman–Crippen MR) is 88.8 cm³/mol.